The number of aliphatic hydroxyl groups excluding tert-OH is 1. The Kier molecular flexibility index (Phi) is 3.93. The molecule has 5 heteroatoms. The first-order valence-electron chi connectivity index (χ1n) is 5.38. The van der Waals surface area contributed by atoms with Gasteiger partial charge in [0.2, 0.25) is 0 Å². The van der Waals surface area contributed by atoms with Crippen LogP contribution in [-0.4, -0.2) is 10.1 Å². The molecule has 0 spiro atoms. The number of aliphatic hydroxyl groups is 1. The van der Waals surface area contributed by atoms with E-state index in [1.54, 1.807) is 12.4 Å². The molecule has 0 aliphatic rings. The van der Waals surface area contributed by atoms with Gasteiger partial charge in [-0.2, -0.15) is 0 Å². The fourth-order valence-electron chi connectivity index (χ4n) is 1.73. The van der Waals surface area contributed by atoms with Crippen LogP contribution in [0.5, 0.6) is 0 Å². The van der Waals surface area contributed by atoms with Crippen molar-refractivity contribution in [1.82, 2.24) is 4.98 Å². The normalized spacial score (nSPS) is 12.4. The van der Waals surface area contributed by atoms with Crippen LogP contribution >= 0.6 is 15.9 Å². The van der Waals surface area contributed by atoms with Crippen LogP contribution in [0.25, 0.3) is 0 Å². The summed E-state index contributed by atoms with van der Waals surface area (Å²) in [4.78, 5) is 4.01. The number of nitrogens with two attached hydrogens (primary N) is 1. The lowest BCUT2D eigenvalue weighted by molar-refractivity contribution is 0.178. The van der Waals surface area contributed by atoms with Crippen molar-refractivity contribution >= 4 is 21.6 Å². The van der Waals surface area contributed by atoms with Gasteiger partial charge >= 0.3 is 0 Å². The fourth-order valence-corrected chi connectivity index (χ4v) is 2.15. The summed E-state index contributed by atoms with van der Waals surface area (Å²) in [6, 6.07) is 5.83. The maximum Gasteiger partial charge on any atom is 0.123 e. The maximum atomic E-state index is 13.1. The highest BCUT2D eigenvalue weighted by Crippen LogP contribution is 2.25. The van der Waals surface area contributed by atoms with Crippen LogP contribution in [0.15, 0.2) is 41.1 Å². The van der Waals surface area contributed by atoms with Gasteiger partial charge in [0.05, 0.1) is 6.10 Å². The van der Waals surface area contributed by atoms with Crippen molar-refractivity contribution in [2.45, 2.75) is 12.5 Å². The summed E-state index contributed by atoms with van der Waals surface area (Å²) in [5, 5.41) is 10.1. The summed E-state index contributed by atoms with van der Waals surface area (Å²) < 4.78 is 14.0. The van der Waals surface area contributed by atoms with Crippen LogP contribution in [0.4, 0.5) is 10.1 Å². The molecule has 3 N–H and O–H groups in total. The third-order valence-electron chi connectivity index (χ3n) is 2.60. The van der Waals surface area contributed by atoms with E-state index < -0.39 is 11.9 Å². The van der Waals surface area contributed by atoms with Gasteiger partial charge in [0, 0.05) is 34.5 Å². The van der Waals surface area contributed by atoms with Crippen LogP contribution in [0.2, 0.25) is 0 Å². The Morgan fingerprint density at radius 3 is 2.83 bits per heavy atom. The lowest BCUT2D eigenvalue weighted by Crippen LogP contribution is -2.06. The molecule has 0 aliphatic heterocycles. The standard InChI is InChI=1S/C13H12BrFN2O/c14-9-3-8(6-17-7-9)4-13(18)11-5-10(15)1-2-12(11)16/h1-3,5-7,13,18H,4,16H2. The first kappa shape index (κ1) is 13.0. The minimum absolute atomic E-state index is 0.333. The van der Waals surface area contributed by atoms with E-state index in [9.17, 15) is 9.50 Å². The molecule has 1 unspecified atom stereocenters. The van der Waals surface area contributed by atoms with E-state index in [1.807, 2.05) is 6.07 Å². The Balaban J connectivity index is 2.21. The minimum atomic E-state index is -0.850. The molecule has 1 heterocycles. The number of hydrogen-bond acceptors (Lipinski definition) is 3. The van der Waals surface area contributed by atoms with E-state index in [-0.39, 0.29) is 0 Å². The third-order valence-corrected chi connectivity index (χ3v) is 3.03. The highest BCUT2D eigenvalue weighted by Gasteiger charge is 2.13. The van der Waals surface area contributed by atoms with Crippen LogP contribution < -0.4 is 5.73 Å². The quantitative estimate of drug-likeness (QED) is 0.857. The molecule has 2 aromatic rings. The Bertz CT molecular complexity index is 562. The van der Waals surface area contributed by atoms with Crippen LogP contribution in [0.3, 0.4) is 0 Å². The lowest BCUT2D eigenvalue weighted by atomic mass is 10.0. The minimum Gasteiger partial charge on any atom is -0.398 e. The number of nitrogens with zero attached hydrogens (tertiary/aromatic N) is 1. The largest absolute Gasteiger partial charge is 0.398 e. The van der Waals surface area contributed by atoms with Gasteiger partial charge in [0.1, 0.15) is 5.82 Å². The van der Waals surface area contributed by atoms with Crippen molar-refractivity contribution in [3.05, 3.63) is 58.1 Å². The van der Waals surface area contributed by atoms with Gasteiger partial charge in [-0.1, -0.05) is 0 Å². The molecule has 0 bridgehead atoms. The zero-order valence-electron chi connectivity index (χ0n) is 9.48. The van der Waals surface area contributed by atoms with Crippen molar-refractivity contribution in [3.63, 3.8) is 0 Å². The number of rotatable bonds is 3. The molecular formula is C13H12BrFN2O. The number of anilines is 1. The van der Waals surface area contributed by atoms with E-state index in [0.29, 0.717) is 17.7 Å². The zero-order valence-corrected chi connectivity index (χ0v) is 11.1. The SMILES string of the molecule is Nc1ccc(F)cc1C(O)Cc1cncc(Br)c1. The summed E-state index contributed by atoms with van der Waals surface area (Å²) in [5.74, 6) is -0.411. The van der Waals surface area contributed by atoms with E-state index in [1.165, 1.54) is 18.2 Å². The molecule has 1 aromatic heterocycles. The van der Waals surface area contributed by atoms with Gasteiger partial charge in [0.25, 0.3) is 0 Å². The molecule has 0 aliphatic carbocycles. The number of hydrogen-bond donors (Lipinski definition) is 2. The van der Waals surface area contributed by atoms with Gasteiger partial charge < -0.3 is 10.8 Å². The molecule has 0 saturated heterocycles. The molecule has 0 amide bonds. The van der Waals surface area contributed by atoms with E-state index in [0.717, 1.165) is 10.0 Å². The summed E-state index contributed by atoms with van der Waals surface area (Å²) in [5.41, 5.74) is 7.35. The number of pyridine rings is 1. The molecule has 0 radical (unpaired) electrons. The predicted molar refractivity (Wildman–Crippen MR) is 71.4 cm³/mol. The van der Waals surface area contributed by atoms with Gasteiger partial charge in [-0.05, 0) is 45.8 Å². The lowest BCUT2D eigenvalue weighted by Gasteiger charge is -2.13. The van der Waals surface area contributed by atoms with E-state index >= 15 is 0 Å². The van der Waals surface area contributed by atoms with Gasteiger partial charge in [-0.15, -0.1) is 0 Å². The molecule has 0 saturated carbocycles. The Morgan fingerprint density at radius 1 is 1.33 bits per heavy atom. The highest BCUT2D eigenvalue weighted by molar-refractivity contribution is 9.10. The van der Waals surface area contributed by atoms with Crippen LogP contribution in [-0.2, 0) is 6.42 Å². The van der Waals surface area contributed by atoms with Crippen molar-refractivity contribution < 1.29 is 9.50 Å². The van der Waals surface area contributed by atoms with Gasteiger partial charge in [-0.3, -0.25) is 4.98 Å². The number of benzene rings is 1. The average Bonchev–Trinajstić information content (AvgIpc) is 2.32. The van der Waals surface area contributed by atoms with Crippen LogP contribution in [0.1, 0.15) is 17.2 Å². The number of nitrogen functional groups attached to an aromatic ring is 1. The van der Waals surface area contributed by atoms with Crippen molar-refractivity contribution in [2.75, 3.05) is 5.73 Å². The number of aromatic nitrogens is 1. The van der Waals surface area contributed by atoms with Crippen molar-refractivity contribution in [2.24, 2.45) is 0 Å². The first-order valence-corrected chi connectivity index (χ1v) is 6.18. The molecule has 0 fully saturated rings. The van der Waals surface area contributed by atoms with Gasteiger partial charge in [0.15, 0.2) is 0 Å². The molecule has 3 nitrogen and oxygen atoms in total. The Hall–Kier alpha value is -1.46. The molecular weight excluding hydrogens is 299 g/mol. The molecule has 2 rings (SSSR count). The molecule has 1 aromatic carbocycles. The summed E-state index contributed by atoms with van der Waals surface area (Å²) in [6.07, 6.45) is 2.80. The van der Waals surface area contributed by atoms with Crippen LogP contribution in [0, 0.1) is 5.82 Å². The van der Waals surface area contributed by atoms with E-state index in [4.69, 9.17) is 5.73 Å². The summed E-state index contributed by atoms with van der Waals surface area (Å²) in [7, 11) is 0. The second kappa shape index (κ2) is 5.46. The van der Waals surface area contributed by atoms with E-state index in [2.05, 4.69) is 20.9 Å². The van der Waals surface area contributed by atoms with Gasteiger partial charge in [-0.25, -0.2) is 4.39 Å². The number of halogens is 2. The maximum absolute atomic E-state index is 13.1. The zero-order chi connectivity index (χ0) is 13.1. The molecule has 18 heavy (non-hydrogen) atoms. The highest BCUT2D eigenvalue weighted by atomic mass is 79.9. The first-order chi connectivity index (χ1) is 8.56. The Morgan fingerprint density at radius 2 is 2.11 bits per heavy atom. The molecule has 1 atom stereocenters. The third kappa shape index (κ3) is 3.05. The summed E-state index contributed by atoms with van der Waals surface area (Å²) >= 11 is 3.31. The second-order valence-electron chi connectivity index (χ2n) is 4.00. The monoisotopic (exact) mass is 310 g/mol. The topological polar surface area (TPSA) is 59.1 Å². The second-order valence-corrected chi connectivity index (χ2v) is 4.92. The van der Waals surface area contributed by atoms with Crippen molar-refractivity contribution in [1.29, 1.82) is 0 Å². The average molecular weight is 311 g/mol. The smallest absolute Gasteiger partial charge is 0.123 e. The van der Waals surface area contributed by atoms with Crippen molar-refractivity contribution in [3.8, 4) is 0 Å². The summed E-state index contributed by atoms with van der Waals surface area (Å²) in [6.45, 7) is 0. The fraction of sp³-hybridized carbons (Fsp3) is 0.154. The predicted octanol–water partition coefficient (Wildman–Crippen LogP) is 2.84. The Labute approximate surface area is 113 Å². The molecule has 94 valence electrons.